The molecule has 2 rings (SSSR count). The molecule has 0 heterocycles. The second kappa shape index (κ2) is 6.69. The Morgan fingerprint density at radius 2 is 1.95 bits per heavy atom. The number of rotatable bonds is 4. The number of carbonyl (C=O) groups excluding carboxylic acids is 1. The lowest BCUT2D eigenvalue weighted by molar-refractivity contribution is 0.111. The summed E-state index contributed by atoms with van der Waals surface area (Å²) in [5.74, 6) is 0.666. The molecule has 0 saturated heterocycles. The molecule has 0 amide bonds. The van der Waals surface area contributed by atoms with Crippen molar-refractivity contribution in [2.45, 2.75) is 13.5 Å². The van der Waals surface area contributed by atoms with E-state index in [-0.39, 0.29) is 0 Å². The number of halogens is 2. The largest absolute Gasteiger partial charge is 0.487 e. The summed E-state index contributed by atoms with van der Waals surface area (Å²) in [4.78, 5) is 11.1. The van der Waals surface area contributed by atoms with Gasteiger partial charge in [0.05, 0.1) is 9.13 Å². The number of benzene rings is 2. The Balaban J connectivity index is 2.25. The topological polar surface area (TPSA) is 26.3 Å². The minimum Gasteiger partial charge on any atom is -0.487 e. The van der Waals surface area contributed by atoms with Crippen LogP contribution in [0.25, 0.3) is 0 Å². The first-order valence-electron chi connectivity index (χ1n) is 5.73. The van der Waals surface area contributed by atoms with Crippen molar-refractivity contribution in [3.63, 3.8) is 0 Å². The van der Waals surface area contributed by atoms with Crippen molar-refractivity contribution >= 4 is 51.5 Å². The molecule has 0 radical (unpaired) electrons. The first-order valence-corrected chi connectivity index (χ1v) is 7.89. The van der Waals surface area contributed by atoms with E-state index < -0.39 is 0 Å². The van der Waals surface area contributed by atoms with E-state index in [1.54, 1.807) is 0 Å². The Morgan fingerprint density at radius 1 is 1.21 bits per heavy atom. The van der Waals surface area contributed by atoms with Crippen LogP contribution in [0.2, 0.25) is 0 Å². The third-order valence-electron chi connectivity index (χ3n) is 2.80. The lowest BCUT2D eigenvalue weighted by Gasteiger charge is -2.12. The molecule has 19 heavy (non-hydrogen) atoms. The molecule has 0 fully saturated rings. The minimum absolute atomic E-state index is 0.476. The summed E-state index contributed by atoms with van der Waals surface area (Å²) in [5.41, 5.74) is 2.93. The fraction of sp³-hybridized carbons (Fsp3) is 0.133. The molecule has 0 N–H and O–H groups in total. The molecule has 0 aliphatic heterocycles. The van der Waals surface area contributed by atoms with E-state index >= 15 is 0 Å². The standard InChI is InChI=1S/C15H12I2O2/c1-10-4-2-3-5-11(10)9-19-15-12(8-18)6-13(16)7-14(15)17/h2-8H,9H2,1H3. The van der Waals surface area contributed by atoms with E-state index in [0.717, 1.165) is 19.0 Å². The fourth-order valence-electron chi connectivity index (χ4n) is 1.74. The van der Waals surface area contributed by atoms with Gasteiger partial charge in [0.25, 0.3) is 0 Å². The zero-order chi connectivity index (χ0) is 13.8. The predicted molar refractivity (Wildman–Crippen MR) is 92.8 cm³/mol. The Kier molecular flexibility index (Phi) is 5.20. The quantitative estimate of drug-likeness (QED) is 0.475. The summed E-state index contributed by atoms with van der Waals surface area (Å²) < 4.78 is 7.83. The SMILES string of the molecule is Cc1ccccc1COc1c(I)cc(I)cc1C=O. The Labute approximate surface area is 139 Å². The number of ether oxygens (including phenoxy) is 1. The number of hydrogen-bond donors (Lipinski definition) is 0. The van der Waals surface area contributed by atoms with E-state index in [9.17, 15) is 4.79 Å². The summed E-state index contributed by atoms with van der Waals surface area (Å²) in [6, 6.07) is 11.9. The Hall–Kier alpha value is -0.630. The van der Waals surface area contributed by atoms with Gasteiger partial charge >= 0.3 is 0 Å². The number of aryl methyl sites for hydroxylation is 1. The number of aldehydes is 1. The van der Waals surface area contributed by atoms with Crippen molar-refractivity contribution in [3.8, 4) is 5.75 Å². The molecular weight excluding hydrogens is 466 g/mol. The highest BCUT2D eigenvalue weighted by molar-refractivity contribution is 14.1. The summed E-state index contributed by atoms with van der Waals surface area (Å²) in [7, 11) is 0. The molecule has 0 aliphatic carbocycles. The van der Waals surface area contributed by atoms with Crippen molar-refractivity contribution in [2.75, 3.05) is 0 Å². The van der Waals surface area contributed by atoms with Crippen molar-refractivity contribution < 1.29 is 9.53 Å². The maximum atomic E-state index is 11.1. The molecular formula is C15H12I2O2. The lowest BCUT2D eigenvalue weighted by Crippen LogP contribution is -2.02. The highest BCUT2D eigenvalue weighted by Crippen LogP contribution is 2.28. The zero-order valence-corrected chi connectivity index (χ0v) is 14.6. The van der Waals surface area contributed by atoms with Crippen LogP contribution in [0.5, 0.6) is 5.75 Å². The van der Waals surface area contributed by atoms with Gasteiger partial charge in [-0.2, -0.15) is 0 Å². The van der Waals surface area contributed by atoms with Crippen LogP contribution in [0, 0.1) is 14.1 Å². The van der Waals surface area contributed by atoms with Crippen LogP contribution in [0.1, 0.15) is 21.5 Å². The van der Waals surface area contributed by atoms with Crippen LogP contribution in [-0.4, -0.2) is 6.29 Å². The van der Waals surface area contributed by atoms with Gasteiger partial charge in [0, 0.05) is 3.57 Å². The second-order valence-electron chi connectivity index (χ2n) is 4.14. The van der Waals surface area contributed by atoms with Gasteiger partial charge in [-0.1, -0.05) is 24.3 Å². The van der Waals surface area contributed by atoms with Gasteiger partial charge in [-0.3, -0.25) is 4.79 Å². The average molecular weight is 478 g/mol. The highest BCUT2D eigenvalue weighted by atomic mass is 127. The monoisotopic (exact) mass is 478 g/mol. The summed E-state index contributed by atoms with van der Waals surface area (Å²) in [5, 5.41) is 0. The highest BCUT2D eigenvalue weighted by Gasteiger charge is 2.10. The van der Waals surface area contributed by atoms with Gasteiger partial charge in [0.2, 0.25) is 0 Å². The third kappa shape index (κ3) is 3.68. The molecule has 0 saturated carbocycles. The van der Waals surface area contributed by atoms with Crippen molar-refractivity contribution in [2.24, 2.45) is 0 Å². The van der Waals surface area contributed by atoms with Gasteiger partial charge in [0.1, 0.15) is 12.4 Å². The average Bonchev–Trinajstić information content (AvgIpc) is 2.38. The third-order valence-corrected chi connectivity index (χ3v) is 4.22. The Morgan fingerprint density at radius 3 is 2.63 bits per heavy atom. The molecule has 0 bridgehead atoms. The summed E-state index contributed by atoms with van der Waals surface area (Å²) in [6.45, 7) is 2.53. The maximum absolute atomic E-state index is 11.1. The molecule has 2 aromatic rings. The molecule has 0 spiro atoms. The van der Waals surface area contributed by atoms with E-state index in [2.05, 4.69) is 58.2 Å². The van der Waals surface area contributed by atoms with Gasteiger partial charge in [0.15, 0.2) is 6.29 Å². The maximum Gasteiger partial charge on any atom is 0.153 e. The van der Waals surface area contributed by atoms with Crippen LogP contribution in [0.4, 0.5) is 0 Å². The van der Waals surface area contributed by atoms with Crippen molar-refractivity contribution in [3.05, 3.63) is 60.2 Å². The number of carbonyl (C=O) groups is 1. The fourth-order valence-corrected chi connectivity index (χ4v) is 3.79. The molecule has 0 aromatic heterocycles. The first-order chi connectivity index (χ1) is 9.11. The van der Waals surface area contributed by atoms with E-state index in [0.29, 0.717) is 17.9 Å². The second-order valence-corrected chi connectivity index (χ2v) is 6.55. The normalized spacial score (nSPS) is 10.3. The van der Waals surface area contributed by atoms with Crippen LogP contribution < -0.4 is 4.74 Å². The first kappa shape index (κ1) is 14.8. The van der Waals surface area contributed by atoms with Gasteiger partial charge in [-0.15, -0.1) is 0 Å². The molecule has 0 atom stereocenters. The molecule has 4 heteroatoms. The van der Waals surface area contributed by atoms with Crippen LogP contribution in [0.15, 0.2) is 36.4 Å². The van der Waals surface area contributed by atoms with Gasteiger partial charge in [-0.05, 0) is 75.4 Å². The van der Waals surface area contributed by atoms with Crippen LogP contribution in [-0.2, 0) is 6.61 Å². The zero-order valence-electron chi connectivity index (χ0n) is 10.3. The van der Waals surface area contributed by atoms with Crippen molar-refractivity contribution in [1.29, 1.82) is 0 Å². The summed E-state index contributed by atoms with van der Waals surface area (Å²) in [6.07, 6.45) is 0.845. The van der Waals surface area contributed by atoms with Gasteiger partial charge < -0.3 is 4.74 Å². The predicted octanol–water partition coefficient (Wildman–Crippen LogP) is 4.60. The molecule has 0 aliphatic rings. The minimum atomic E-state index is 0.476. The number of hydrogen-bond acceptors (Lipinski definition) is 2. The van der Waals surface area contributed by atoms with Crippen molar-refractivity contribution in [1.82, 2.24) is 0 Å². The van der Waals surface area contributed by atoms with E-state index in [4.69, 9.17) is 4.74 Å². The Bertz CT molecular complexity index is 609. The van der Waals surface area contributed by atoms with Crippen LogP contribution >= 0.6 is 45.2 Å². The molecule has 98 valence electrons. The van der Waals surface area contributed by atoms with E-state index in [1.165, 1.54) is 5.56 Å². The summed E-state index contributed by atoms with van der Waals surface area (Å²) >= 11 is 4.39. The van der Waals surface area contributed by atoms with Gasteiger partial charge in [-0.25, -0.2) is 0 Å². The molecule has 2 aromatic carbocycles. The van der Waals surface area contributed by atoms with Crippen LogP contribution in [0.3, 0.4) is 0 Å². The molecule has 2 nitrogen and oxygen atoms in total. The smallest absolute Gasteiger partial charge is 0.153 e. The molecule has 0 unspecified atom stereocenters. The lowest BCUT2D eigenvalue weighted by atomic mass is 10.1. The van der Waals surface area contributed by atoms with E-state index in [1.807, 2.05) is 30.3 Å².